The van der Waals surface area contributed by atoms with E-state index in [0.717, 1.165) is 6.07 Å². The lowest BCUT2D eigenvalue weighted by atomic mass is 9.82. The normalized spacial score (nSPS) is 11.9. The van der Waals surface area contributed by atoms with E-state index in [9.17, 15) is 13.2 Å². The van der Waals surface area contributed by atoms with Crippen molar-refractivity contribution in [2.24, 2.45) is 0 Å². The van der Waals surface area contributed by atoms with E-state index in [2.05, 4.69) is 0 Å². The molecule has 1 aromatic carbocycles. The quantitative estimate of drug-likeness (QED) is 0.550. The van der Waals surface area contributed by atoms with E-state index in [0.29, 0.717) is 18.4 Å². The largest absolute Gasteiger partial charge is 0.207 e. The molecule has 0 aromatic heterocycles. The zero-order chi connectivity index (χ0) is 11.6. The van der Waals surface area contributed by atoms with Crippen molar-refractivity contribution in [2.75, 3.05) is 5.88 Å². The van der Waals surface area contributed by atoms with Crippen LogP contribution in [-0.4, -0.2) is 5.88 Å². The van der Waals surface area contributed by atoms with E-state index < -0.39 is 22.9 Å². The van der Waals surface area contributed by atoms with Crippen LogP contribution in [0, 0.1) is 17.5 Å². The van der Waals surface area contributed by atoms with Crippen LogP contribution in [-0.2, 0) is 5.41 Å². The molecular formula is C11H12ClF3. The van der Waals surface area contributed by atoms with Crippen LogP contribution in [0.2, 0.25) is 0 Å². The van der Waals surface area contributed by atoms with Gasteiger partial charge >= 0.3 is 0 Å². The summed E-state index contributed by atoms with van der Waals surface area (Å²) in [6, 6.07) is 1.47. The van der Waals surface area contributed by atoms with Gasteiger partial charge in [0.2, 0.25) is 0 Å². The zero-order valence-electron chi connectivity index (χ0n) is 8.58. The molecule has 4 heteroatoms. The average molecular weight is 237 g/mol. The van der Waals surface area contributed by atoms with E-state index in [-0.39, 0.29) is 5.56 Å². The van der Waals surface area contributed by atoms with Crippen LogP contribution in [0.25, 0.3) is 0 Å². The molecule has 0 saturated heterocycles. The number of benzene rings is 1. The average Bonchev–Trinajstić information content (AvgIpc) is 2.11. The van der Waals surface area contributed by atoms with Crippen LogP contribution < -0.4 is 0 Å². The summed E-state index contributed by atoms with van der Waals surface area (Å²) in [5.41, 5.74) is -0.442. The Kier molecular flexibility index (Phi) is 3.66. The number of hydrogen-bond donors (Lipinski definition) is 0. The molecule has 0 aliphatic rings. The second-order valence-corrected chi connectivity index (χ2v) is 4.45. The summed E-state index contributed by atoms with van der Waals surface area (Å²) in [5.74, 6) is -2.60. The van der Waals surface area contributed by atoms with Gasteiger partial charge in [-0.05, 0) is 23.5 Å². The molecule has 0 radical (unpaired) electrons. The summed E-state index contributed by atoms with van der Waals surface area (Å²) in [7, 11) is 0. The second-order valence-electron chi connectivity index (χ2n) is 4.07. The molecule has 1 aromatic rings. The fourth-order valence-corrected chi connectivity index (χ4v) is 1.88. The molecule has 0 atom stereocenters. The van der Waals surface area contributed by atoms with Crippen molar-refractivity contribution in [3.63, 3.8) is 0 Å². The maximum absolute atomic E-state index is 13.4. The van der Waals surface area contributed by atoms with Crippen LogP contribution in [0.1, 0.15) is 25.8 Å². The Morgan fingerprint density at radius 2 is 1.60 bits per heavy atom. The standard InChI is InChI=1S/C11H12ClF3/c1-11(2,3-4-12)7-5-9(14)10(15)6-8(7)13/h5-6H,3-4H2,1-2H3. The van der Waals surface area contributed by atoms with Gasteiger partial charge in [0.1, 0.15) is 5.82 Å². The van der Waals surface area contributed by atoms with Gasteiger partial charge in [0.05, 0.1) is 0 Å². The van der Waals surface area contributed by atoms with Gasteiger partial charge in [0, 0.05) is 11.9 Å². The fourth-order valence-electron chi connectivity index (χ4n) is 1.41. The first kappa shape index (κ1) is 12.4. The first-order valence-electron chi connectivity index (χ1n) is 4.59. The van der Waals surface area contributed by atoms with E-state index in [1.165, 1.54) is 0 Å². The van der Waals surface area contributed by atoms with E-state index in [1.54, 1.807) is 13.8 Å². The molecule has 0 aliphatic carbocycles. The van der Waals surface area contributed by atoms with Crippen molar-refractivity contribution in [2.45, 2.75) is 25.7 Å². The molecule has 0 bridgehead atoms. The summed E-state index contributed by atoms with van der Waals surface area (Å²) in [6.07, 6.45) is 0.497. The molecule has 0 saturated carbocycles. The molecule has 84 valence electrons. The molecule has 0 nitrogen and oxygen atoms in total. The third-order valence-corrected chi connectivity index (χ3v) is 2.65. The van der Waals surface area contributed by atoms with Crippen LogP contribution in [0.5, 0.6) is 0 Å². The molecule has 0 fully saturated rings. The molecule has 0 unspecified atom stereocenters. The Morgan fingerprint density at radius 1 is 1.07 bits per heavy atom. The summed E-state index contributed by atoms with van der Waals surface area (Å²) in [4.78, 5) is 0. The maximum Gasteiger partial charge on any atom is 0.161 e. The van der Waals surface area contributed by atoms with Gasteiger partial charge in [-0.1, -0.05) is 13.8 Å². The lowest BCUT2D eigenvalue weighted by Gasteiger charge is -2.24. The SMILES string of the molecule is CC(C)(CCCl)c1cc(F)c(F)cc1F. The monoisotopic (exact) mass is 236 g/mol. The molecule has 15 heavy (non-hydrogen) atoms. The fraction of sp³-hybridized carbons (Fsp3) is 0.455. The van der Waals surface area contributed by atoms with Crippen molar-refractivity contribution in [3.8, 4) is 0 Å². The topological polar surface area (TPSA) is 0 Å². The van der Waals surface area contributed by atoms with E-state index in [1.807, 2.05) is 0 Å². The lowest BCUT2D eigenvalue weighted by Crippen LogP contribution is -2.20. The van der Waals surface area contributed by atoms with Crippen molar-refractivity contribution < 1.29 is 13.2 Å². The Balaban J connectivity index is 3.19. The van der Waals surface area contributed by atoms with E-state index >= 15 is 0 Å². The highest BCUT2D eigenvalue weighted by Gasteiger charge is 2.25. The first-order chi connectivity index (χ1) is 6.88. The second kappa shape index (κ2) is 4.44. The molecular weight excluding hydrogens is 225 g/mol. The zero-order valence-corrected chi connectivity index (χ0v) is 9.34. The third-order valence-electron chi connectivity index (χ3n) is 2.46. The van der Waals surface area contributed by atoms with Crippen LogP contribution in [0.4, 0.5) is 13.2 Å². The van der Waals surface area contributed by atoms with Crippen LogP contribution >= 0.6 is 11.6 Å². The summed E-state index contributed by atoms with van der Waals surface area (Å²) in [6.45, 7) is 3.48. The van der Waals surface area contributed by atoms with Gasteiger partial charge < -0.3 is 0 Å². The van der Waals surface area contributed by atoms with E-state index in [4.69, 9.17) is 11.6 Å². The van der Waals surface area contributed by atoms with Crippen molar-refractivity contribution in [1.29, 1.82) is 0 Å². The Morgan fingerprint density at radius 3 is 2.13 bits per heavy atom. The number of halogens is 4. The molecule has 0 N–H and O–H groups in total. The smallest absolute Gasteiger partial charge is 0.161 e. The molecule has 0 spiro atoms. The first-order valence-corrected chi connectivity index (χ1v) is 5.13. The molecule has 1 rings (SSSR count). The molecule has 0 aliphatic heterocycles. The van der Waals surface area contributed by atoms with Crippen LogP contribution in [0.15, 0.2) is 12.1 Å². The minimum atomic E-state index is -1.17. The number of hydrogen-bond acceptors (Lipinski definition) is 0. The lowest BCUT2D eigenvalue weighted by molar-refractivity contribution is 0.445. The highest BCUT2D eigenvalue weighted by atomic mass is 35.5. The highest BCUT2D eigenvalue weighted by molar-refractivity contribution is 6.17. The maximum atomic E-state index is 13.4. The Labute approximate surface area is 92.1 Å². The predicted molar refractivity (Wildman–Crippen MR) is 54.7 cm³/mol. The summed E-state index contributed by atoms with van der Waals surface area (Å²) < 4.78 is 39.0. The highest BCUT2D eigenvalue weighted by Crippen LogP contribution is 2.30. The minimum Gasteiger partial charge on any atom is -0.207 e. The van der Waals surface area contributed by atoms with Crippen LogP contribution in [0.3, 0.4) is 0 Å². The third kappa shape index (κ3) is 2.65. The summed E-state index contributed by atoms with van der Waals surface area (Å²) >= 11 is 5.57. The minimum absolute atomic E-state index is 0.155. The Bertz CT molecular complexity index is 361. The van der Waals surface area contributed by atoms with Gasteiger partial charge in [0.25, 0.3) is 0 Å². The van der Waals surface area contributed by atoms with Gasteiger partial charge in [-0.15, -0.1) is 11.6 Å². The Hall–Kier alpha value is -0.700. The van der Waals surface area contributed by atoms with Crippen molar-refractivity contribution in [1.82, 2.24) is 0 Å². The summed E-state index contributed by atoms with van der Waals surface area (Å²) in [5, 5.41) is 0. The predicted octanol–water partition coefficient (Wildman–Crippen LogP) is 4.01. The van der Waals surface area contributed by atoms with Crippen molar-refractivity contribution >= 4 is 11.6 Å². The molecule has 0 amide bonds. The number of rotatable bonds is 3. The van der Waals surface area contributed by atoms with Gasteiger partial charge in [0.15, 0.2) is 11.6 Å². The van der Waals surface area contributed by atoms with Gasteiger partial charge in [-0.25, -0.2) is 13.2 Å². The van der Waals surface area contributed by atoms with Gasteiger partial charge in [-0.2, -0.15) is 0 Å². The van der Waals surface area contributed by atoms with Crippen molar-refractivity contribution in [3.05, 3.63) is 35.1 Å². The number of alkyl halides is 1. The molecule has 0 heterocycles. The van der Waals surface area contributed by atoms with Gasteiger partial charge in [-0.3, -0.25) is 0 Å².